The molecule has 152 valence electrons. The first-order valence-electron chi connectivity index (χ1n) is 9.47. The molecule has 1 aliphatic rings. The molecule has 4 rings (SSSR count). The van der Waals surface area contributed by atoms with Crippen LogP contribution in [-0.2, 0) is 11.2 Å². The first kappa shape index (κ1) is 19.4. The van der Waals surface area contributed by atoms with E-state index in [1.54, 1.807) is 32.2 Å². The number of rotatable bonds is 2. The predicted molar refractivity (Wildman–Crippen MR) is 108 cm³/mol. The van der Waals surface area contributed by atoms with Gasteiger partial charge in [0.2, 0.25) is 5.91 Å². The maximum absolute atomic E-state index is 15.7. The van der Waals surface area contributed by atoms with Crippen molar-refractivity contribution in [3.63, 3.8) is 0 Å². The number of para-hydroxylation sites is 1. The number of aryl methyl sites for hydroxylation is 1. The Hall–Kier alpha value is -2.93. The summed E-state index contributed by atoms with van der Waals surface area (Å²) in [6.07, 6.45) is 1.94. The van der Waals surface area contributed by atoms with E-state index in [1.807, 2.05) is 13.0 Å². The molecule has 5 nitrogen and oxygen atoms in total. The van der Waals surface area contributed by atoms with Gasteiger partial charge in [-0.15, -0.1) is 0 Å². The molecule has 3 aromatic rings. The van der Waals surface area contributed by atoms with Crippen LogP contribution < -0.4 is 10.4 Å². The molecule has 29 heavy (non-hydrogen) atoms. The molecule has 0 fully saturated rings. The zero-order chi connectivity index (χ0) is 21.1. The molecule has 1 aliphatic heterocycles. The van der Waals surface area contributed by atoms with Gasteiger partial charge < -0.3 is 10.3 Å². The van der Waals surface area contributed by atoms with E-state index in [9.17, 15) is 10.0 Å². The Balaban J connectivity index is 1.93. The van der Waals surface area contributed by atoms with Crippen molar-refractivity contribution in [1.29, 1.82) is 0 Å². The molecule has 2 heterocycles. The van der Waals surface area contributed by atoms with Gasteiger partial charge in [0, 0.05) is 42.1 Å². The number of H-pyrrole nitrogens is 1. The van der Waals surface area contributed by atoms with Crippen LogP contribution in [-0.4, -0.2) is 27.7 Å². The summed E-state index contributed by atoms with van der Waals surface area (Å²) in [7, 11) is 0. The lowest BCUT2D eigenvalue weighted by atomic mass is 9.82. The minimum atomic E-state index is -0.935. The smallest absolute Gasteiger partial charge is 0.217 e. The Morgan fingerprint density at radius 1 is 1.34 bits per heavy atom. The van der Waals surface area contributed by atoms with Crippen LogP contribution in [0.1, 0.15) is 31.9 Å². The summed E-state index contributed by atoms with van der Waals surface area (Å²) in [5.74, 6) is -1.77. The third-order valence-corrected chi connectivity index (χ3v) is 5.90. The highest BCUT2D eigenvalue weighted by Gasteiger charge is 2.43. The summed E-state index contributed by atoms with van der Waals surface area (Å²) in [5.41, 5.74) is 1.21. The average molecular weight is 399 g/mol. The lowest BCUT2D eigenvalue weighted by Crippen LogP contribution is -2.61. The monoisotopic (exact) mass is 399 g/mol. The fraction of sp³-hybridized carbons (Fsp3) is 0.318. The molecule has 0 bridgehead atoms. The summed E-state index contributed by atoms with van der Waals surface area (Å²) < 4.78 is 30.8. The van der Waals surface area contributed by atoms with Gasteiger partial charge >= 0.3 is 0 Å². The fourth-order valence-electron chi connectivity index (χ4n) is 4.17. The minimum Gasteiger partial charge on any atom is -0.360 e. The van der Waals surface area contributed by atoms with Gasteiger partial charge in [0.15, 0.2) is 0 Å². The number of halogens is 2. The third kappa shape index (κ3) is 2.88. The van der Waals surface area contributed by atoms with E-state index in [0.29, 0.717) is 11.1 Å². The van der Waals surface area contributed by atoms with E-state index >= 15 is 8.78 Å². The third-order valence-electron chi connectivity index (χ3n) is 5.90. The molecule has 0 spiro atoms. The molecular formula is C22H23F2N3O2. The van der Waals surface area contributed by atoms with Crippen LogP contribution in [0.15, 0.2) is 30.5 Å². The van der Waals surface area contributed by atoms with Crippen LogP contribution in [0, 0.1) is 18.6 Å². The van der Waals surface area contributed by atoms with Gasteiger partial charge in [-0.25, -0.2) is 13.8 Å². The Kier molecular flexibility index (Phi) is 4.38. The lowest BCUT2D eigenvalue weighted by molar-refractivity contribution is -0.120. The summed E-state index contributed by atoms with van der Waals surface area (Å²) in [6, 6.07) is 5.94. The van der Waals surface area contributed by atoms with Gasteiger partial charge in [-0.05, 0) is 26.3 Å². The Morgan fingerprint density at radius 2 is 2.07 bits per heavy atom. The molecule has 2 aromatic carbocycles. The van der Waals surface area contributed by atoms with Gasteiger partial charge in [-0.1, -0.05) is 18.2 Å². The summed E-state index contributed by atoms with van der Waals surface area (Å²) in [4.78, 5) is 14.7. The van der Waals surface area contributed by atoms with Crippen LogP contribution in [0.4, 0.5) is 14.5 Å². The van der Waals surface area contributed by atoms with Crippen LogP contribution in [0.3, 0.4) is 0 Å². The summed E-state index contributed by atoms with van der Waals surface area (Å²) in [6.45, 7) is 6.71. The number of hydrogen-bond acceptors (Lipinski definition) is 3. The van der Waals surface area contributed by atoms with Crippen molar-refractivity contribution in [2.24, 2.45) is 0 Å². The number of benzene rings is 2. The zero-order valence-electron chi connectivity index (χ0n) is 16.7. The summed E-state index contributed by atoms with van der Waals surface area (Å²) in [5, 5.41) is 15.2. The lowest BCUT2D eigenvalue weighted by Gasteiger charge is -2.46. The molecule has 0 aliphatic carbocycles. The van der Waals surface area contributed by atoms with Crippen molar-refractivity contribution in [3.8, 4) is 11.1 Å². The van der Waals surface area contributed by atoms with Crippen LogP contribution in [0.25, 0.3) is 22.0 Å². The number of hydrogen-bond donors (Lipinski definition) is 3. The average Bonchev–Trinajstić information content (AvgIpc) is 3.03. The van der Waals surface area contributed by atoms with E-state index < -0.39 is 23.2 Å². The van der Waals surface area contributed by atoms with Crippen molar-refractivity contribution in [3.05, 3.63) is 53.2 Å². The molecule has 1 aromatic heterocycles. The second-order valence-corrected chi connectivity index (χ2v) is 8.17. The normalized spacial score (nSPS) is 18.0. The summed E-state index contributed by atoms with van der Waals surface area (Å²) >= 11 is 0. The molecule has 1 atom stereocenters. The number of fused-ring (bicyclic) bond motifs is 2. The zero-order valence-corrected chi connectivity index (χ0v) is 16.7. The van der Waals surface area contributed by atoms with E-state index in [2.05, 4.69) is 10.3 Å². The maximum Gasteiger partial charge on any atom is 0.217 e. The van der Waals surface area contributed by atoms with E-state index in [1.165, 1.54) is 6.92 Å². The van der Waals surface area contributed by atoms with Crippen molar-refractivity contribution < 1.29 is 18.8 Å². The Labute approximate surface area is 167 Å². The number of carbonyl (C=O) groups excluding carboxylic acids is 1. The standard InChI is InChI=1S/C22H23F2N3O2/c1-11-10-25-21-13(11)6-5-7-14(21)19-16(23)9-17-15(20(19)24)8-18(26-12(2)28)22(3,4)27(17)29/h5-7,9-10,18,25,29H,8H2,1-4H3,(H,26,28)/t18-/m0/s1. The van der Waals surface area contributed by atoms with Gasteiger partial charge in [0.1, 0.15) is 11.6 Å². The van der Waals surface area contributed by atoms with Gasteiger partial charge in [-0.2, -0.15) is 0 Å². The SMILES string of the molecule is CC(=O)N[C@H]1Cc2c(cc(F)c(-c3cccc4c(C)c[nH]c34)c2F)N(O)C1(C)C. The van der Waals surface area contributed by atoms with E-state index in [0.717, 1.165) is 22.1 Å². The van der Waals surface area contributed by atoms with Crippen molar-refractivity contribution >= 4 is 22.5 Å². The van der Waals surface area contributed by atoms with E-state index in [-0.39, 0.29) is 29.1 Å². The molecule has 0 unspecified atom stereocenters. The molecule has 3 N–H and O–H groups in total. The number of nitrogens with one attached hydrogen (secondary N) is 2. The highest BCUT2D eigenvalue weighted by atomic mass is 19.1. The first-order chi connectivity index (χ1) is 13.6. The second kappa shape index (κ2) is 6.56. The minimum absolute atomic E-state index is 0.0743. The number of hydroxylamine groups is 1. The van der Waals surface area contributed by atoms with Gasteiger partial charge in [0.25, 0.3) is 0 Å². The van der Waals surface area contributed by atoms with Crippen molar-refractivity contribution in [2.45, 2.75) is 45.7 Å². The van der Waals surface area contributed by atoms with Crippen molar-refractivity contribution in [2.75, 3.05) is 5.06 Å². The molecule has 0 saturated heterocycles. The van der Waals surface area contributed by atoms with Gasteiger partial charge in [0.05, 0.1) is 28.3 Å². The van der Waals surface area contributed by atoms with E-state index in [4.69, 9.17) is 0 Å². The van der Waals surface area contributed by atoms with Gasteiger partial charge in [-0.3, -0.25) is 10.0 Å². The van der Waals surface area contributed by atoms with Crippen LogP contribution in [0.5, 0.6) is 0 Å². The Bertz CT molecular complexity index is 1140. The molecular weight excluding hydrogens is 376 g/mol. The number of aromatic nitrogens is 1. The van der Waals surface area contributed by atoms with Crippen LogP contribution >= 0.6 is 0 Å². The largest absolute Gasteiger partial charge is 0.360 e. The first-order valence-corrected chi connectivity index (χ1v) is 9.47. The number of carbonyl (C=O) groups is 1. The molecule has 0 saturated carbocycles. The second-order valence-electron chi connectivity index (χ2n) is 8.17. The fourth-order valence-corrected chi connectivity index (χ4v) is 4.17. The number of nitrogens with zero attached hydrogens (tertiary/aromatic N) is 1. The number of anilines is 1. The van der Waals surface area contributed by atoms with Crippen LogP contribution in [0.2, 0.25) is 0 Å². The maximum atomic E-state index is 15.7. The number of amides is 1. The van der Waals surface area contributed by atoms with Crippen molar-refractivity contribution in [1.82, 2.24) is 10.3 Å². The predicted octanol–water partition coefficient (Wildman–Crippen LogP) is 4.46. The number of aromatic amines is 1. The molecule has 1 amide bonds. The molecule has 0 radical (unpaired) electrons. The molecule has 7 heteroatoms. The Morgan fingerprint density at radius 3 is 2.76 bits per heavy atom. The quantitative estimate of drug-likeness (QED) is 0.596. The topological polar surface area (TPSA) is 68.4 Å². The highest BCUT2D eigenvalue weighted by molar-refractivity contribution is 5.96. The highest BCUT2D eigenvalue weighted by Crippen LogP contribution is 2.42.